The van der Waals surface area contributed by atoms with E-state index >= 15 is 0 Å². The van der Waals surface area contributed by atoms with Crippen molar-refractivity contribution >= 4 is 12.0 Å². The fraction of sp³-hybridized carbons (Fsp3) is 0.208. The van der Waals surface area contributed by atoms with Crippen molar-refractivity contribution in [2.75, 3.05) is 28.4 Å². The van der Waals surface area contributed by atoms with Crippen LogP contribution in [0.1, 0.15) is 22.9 Å². The van der Waals surface area contributed by atoms with Crippen LogP contribution in [0, 0.1) is 0 Å². The van der Waals surface area contributed by atoms with Crippen molar-refractivity contribution in [3.8, 4) is 23.0 Å². The van der Waals surface area contributed by atoms with Crippen LogP contribution in [0.15, 0.2) is 65.3 Å². The van der Waals surface area contributed by atoms with Crippen molar-refractivity contribution in [2.45, 2.75) is 6.04 Å². The molecule has 0 radical (unpaired) electrons. The summed E-state index contributed by atoms with van der Waals surface area (Å²) in [6.45, 7) is 0. The van der Waals surface area contributed by atoms with E-state index in [0.29, 0.717) is 28.8 Å². The van der Waals surface area contributed by atoms with Gasteiger partial charge in [-0.2, -0.15) is 0 Å². The number of furan rings is 1. The Hall–Kier alpha value is -3.87. The number of hydrogen-bond donors (Lipinski definition) is 1. The summed E-state index contributed by atoms with van der Waals surface area (Å²) < 4.78 is 26.8. The minimum Gasteiger partial charge on any atom is -0.493 e. The third-order valence-corrected chi connectivity index (χ3v) is 4.71. The maximum Gasteiger partial charge on any atom is 0.244 e. The maximum atomic E-state index is 12.7. The van der Waals surface area contributed by atoms with Crippen molar-refractivity contribution in [1.29, 1.82) is 0 Å². The summed E-state index contributed by atoms with van der Waals surface area (Å²) in [5.74, 6) is 2.62. The molecule has 0 saturated heterocycles. The SMILES string of the molecule is COc1ccc(C(NC(=O)/C=C/c2ccco2)c2ccc(OC)c(OC)c2)cc1OC. The molecule has 0 spiro atoms. The number of carbonyl (C=O) groups excluding carboxylic acids is 1. The summed E-state index contributed by atoms with van der Waals surface area (Å²) >= 11 is 0. The molecule has 162 valence electrons. The lowest BCUT2D eigenvalue weighted by Gasteiger charge is -2.21. The molecular weight excluding hydrogens is 398 g/mol. The lowest BCUT2D eigenvalue weighted by atomic mass is 9.97. The van der Waals surface area contributed by atoms with Crippen LogP contribution < -0.4 is 24.3 Å². The van der Waals surface area contributed by atoms with Gasteiger partial charge >= 0.3 is 0 Å². The Morgan fingerprint density at radius 3 is 1.84 bits per heavy atom. The van der Waals surface area contributed by atoms with Crippen molar-refractivity contribution in [3.05, 3.63) is 77.8 Å². The monoisotopic (exact) mass is 423 g/mol. The van der Waals surface area contributed by atoms with Crippen LogP contribution in [-0.4, -0.2) is 34.3 Å². The van der Waals surface area contributed by atoms with E-state index in [9.17, 15) is 4.79 Å². The number of amides is 1. The predicted octanol–water partition coefficient (Wildman–Crippen LogP) is 4.23. The number of carbonyl (C=O) groups is 1. The number of rotatable bonds is 9. The first-order chi connectivity index (χ1) is 15.1. The zero-order valence-electron chi connectivity index (χ0n) is 17.9. The van der Waals surface area contributed by atoms with Crippen LogP contribution in [0.3, 0.4) is 0 Å². The molecular formula is C24H25NO6. The summed E-state index contributed by atoms with van der Waals surface area (Å²) in [6, 6.07) is 14.1. The minimum atomic E-state index is -0.478. The van der Waals surface area contributed by atoms with E-state index in [2.05, 4.69) is 5.32 Å². The molecule has 0 saturated carbocycles. The largest absolute Gasteiger partial charge is 0.493 e. The third-order valence-electron chi connectivity index (χ3n) is 4.71. The number of hydrogen-bond acceptors (Lipinski definition) is 6. The van der Waals surface area contributed by atoms with Crippen LogP contribution in [0.4, 0.5) is 0 Å². The topological polar surface area (TPSA) is 79.2 Å². The number of ether oxygens (including phenoxy) is 4. The highest BCUT2D eigenvalue weighted by Gasteiger charge is 2.20. The van der Waals surface area contributed by atoms with Crippen molar-refractivity contribution in [1.82, 2.24) is 5.32 Å². The molecule has 31 heavy (non-hydrogen) atoms. The quantitative estimate of drug-likeness (QED) is 0.519. The van der Waals surface area contributed by atoms with Crippen molar-refractivity contribution < 1.29 is 28.2 Å². The Morgan fingerprint density at radius 1 is 0.839 bits per heavy atom. The highest BCUT2D eigenvalue weighted by Crippen LogP contribution is 2.35. The fourth-order valence-electron chi connectivity index (χ4n) is 3.16. The first-order valence-electron chi connectivity index (χ1n) is 9.55. The number of nitrogens with one attached hydrogen (secondary N) is 1. The Bertz CT molecular complexity index is 987. The highest BCUT2D eigenvalue weighted by atomic mass is 16.5. The van der Waals surface area contributed by atoms with Gasteiger partial charge in [0.2, 0.25) is 5.91 Å². The van der Waals surface area contributed by atoms with Gasteiger partial charge in [-0.1, -0.05) is 12.1 Å². The molecule has 0 aliphatic heterocycles. The smallest absolute Gasteiger partial charge is 0.244 e. The van der Waals surface area contributed by atoms with Crippen LogP contribution in [0.25, 0.3) is 6.08 Å². The van der Waals surface area contributed by atoms with Crippen LogP contribution in [0.2, 0.25) is 0 Å². The van der Waals surface area contributed by atoms with Gasteiger partial charge in [0.15, 0.2) is 23.0 Å². The van der Waals surface area contributed by atoms with Gasteiger partial charge in [-0.05, 0) is 53.6 Å². The molecule has 1 heterocycles. The van der Waals surface area contributed by atoms with E-state index in [1.54, 1.807) is 65.0 Å². The lowest BCUT2D eigenvalue weighted by molar-refractivity contribution is -0.116. The number of methoxy groups -OCH3 is 4. The summed E-state index contributed by atoms with van der Waals surface area (Å²) in [6.07, 6.45) is 4.58. The highest BCUT2D eigenvalue weighted by molar-refractivity contribution is 5.92. The summed E-state index contributed by atoms with van der Waals surface area (Å²) in [5, 5.41) is 3.03. The summed E-state index contributed by atoms with van der Waals surface area (Å²) in [7, 11) is 6.28. The molecule has 0 aliphatic carbocycles. The van der Waals surface area contributed by atoms with Crippen molar-refractivity contribution in [3.63, 3.8) is 0 Å². The molecule has 7 nitrogen and oxygen atoms in total. The van der Waals surface area contributed by atoms with E-state index in [0.717, 1.165) is 11.1 Å². The first-order valence-corrected chi connectivity index (χ1v) is 9.55. The minimum absolute atomic E-state index is 0.286. The van der Waals surface area contributed by atoms with Crippen LogP contribution in [0.5, 0.6) is 23.0 Å². The van der Waals surface area contributed by atoms with Crippen LogP contribution >= 0.6 is 0 Å². The molecule has 7 heteroatoms. The van der Waals surface area contributed by atoms with Gasteiger partial charge in [0, 0.05) is 6.08 Å². The molecule has 2 aromatic carbocycles. The Balaban J connectivity index is 1.98. The Morgan fingerprint density at radius 2 is 1.39 bits per heavy atom. The normalized spacial score (nSPS) is 10.9. The standard InChI is InChI=1S/C24H25NO6/c1-27-19-10-7-16(14-21(19)29-3)24(17-8-11-20(28-2)22(15-17)30-4)25-23(26)12-9-18-6-5-13-31-18/h5-15,24H,1-4H3,(H,25,26)/b12-9+. The van der Waals surface area contributed by atoms with E-state index in [1.807, 2.05) is 24.3 Å². The zero-order valence-corrected chi connectivity index (χ0v) is 17.9. The molecule has 0 atom stereocenters. The molecule has 1 aromatic heterocycles. The fourth-order valence-corrected chi connectivity index (χ4v) is 3.16. The van der Waals surface area contributed by atoms with Gasteiger partial charge in [0.25, 0.3) is 0 Å². The molecule has 0 aliphatic rings. The second-order valence-corrected chi connectivity index (χ2v) is 6.52. The van der Waals surface area contributed by atoms with E-state index in [-0.39, 0.29) is 5.91 Å². The molecule has 0 fully saturated rings. The van der Waals surface area contributed by atoms with E-state index in [1.165, 1.54) is 6.08 Å². The summed E-state index contributed by atoms with van der Waals surface area (Å²) in [5.41, 5.74) is 1.62. The molecule has 3 rings (SSSR count). The maximum absolute atomic E-state index is 12.7. The van der Waals surface area contributed by atoms with E-state index in [4.69, 9.17) is 23.4 Å². The Labute approximate surface area is 181 Å². The first kappa shape index (κ1) is 21.8. The molecule has 1 amide bonds. The van der Waals surface area contributed by atoms with Gasteiger partial charge < -0.3 is 28.7 Å². The van der Waals surface area contributed by atoms with E-state index < -0.39 is 6.04 Å². The number of benzene rings is 2. The second kappa shape index (κ2) is 10.2. The average molecular weight is 423 g/mol. The predicted molar refractivity (Wildman–Crippen MR) is 117 cm³/mol. The van der Waals surface area contributed by atoms with Gasteiger partial charge in [-0.3, -0.25) is 4.79 Å². The van der Waals surface area contributed by atoms with Gasteiger partial charge in [-0.15, -0.1) is 0 Å². The second-order valence-electron chi connectivity index (χ2n) is 6.52. The molecule has 0 unspecified atom stereocenters. The Kier molecular flexibility index (Phi) is 7.22. The lowest BCUT2D eigenvalue weighted by Crippen LogP contribution is -2.27. The average Bonchev–Trinajstić information content (AvgIpc) is 3.34. The van der Waals surface area contributed by atoms with Crippen LogP contribution in [-0.2, 0) is 4.79 Å². The van der Waals surface area contributed by atoms with Gasteiger partial charge in [0.1, 0.15) is 5.76 Å². The van der Waals surface area contributed by atoms with Gasteiger partial charge in [0.05, 0.1) is 40.7 Å². The molecule has 0 bridgehead atoms. The third kappa shape index (κ3) is 5.19. The molecule has 1 N–H and O–H groups in total. The zero-order chi connectivity index (χ0) is 22.2. The van der Waals surface area contributed by atoms with Crippen molar-refractivity contribution in [2.24, 2.45) is 0 Å². The summed E-state index contributed by atoms with van der Waals surface area (Å²) in [4.78, 5) is 12.7. The molecule has 3 aromatic rings. The van der Waals surface area contributed by atoms with Gasteiger partial charge in [-0.25, -0.2) is 0 Å².